The van der Waals surface area contributed by atoms with Gasteiger partial charge in [-0.2, -0.15) is 5.10 Å². The highest BCUT2D eigenvalue weighted by atomic mass is 35.5. The Bertz CT molecular complexity index is 1820. The van der Waals surface area contributed by atoms with Gasteiger partial charge in [-0.25, -0.2) is 4.79 Å². The predicted molar refractivity (Wildman–Crippen MR) is 173 cm³/mol. The third-order valence-corrected chi connectivity index (χ3v) is 9.21. The fourth-order valence-corrected chi connectivity index (χ4v) is 6.64. The van der Waals surface area contributed by atoms with Crippen LogP contribution in [0.2, 0.25) is 5.02 Å². The van der Waals surface area contributed by atoms with Gasteiger partial charge in [0.05, 0.1) is 36.1 Å². The number of hydrogen-bond acceptors (Lipinski definition) is 5. The van der Waals surface area contributed by atoms with E-state index in [0.29, 0.717) is 49.6 Å². The minimum atomic E-state index is -1.02. The lowest BCUT2D eigenvalue weighted by Gasteiger charge is -2.14. The van der Waals surface area contributed by atoms with Crippen LogP contribution in [0, 0.1) is 5.41 Å². The van der Waals surface area contributed by atoms with Gasteiger partial charge < -0.3 is 24.7 Å². The smallest absolute Gasteiger partial charge is 0.352 e. The number of carbonyl (C=O) groups is 1. The summed E-state index contributed by atoms with van der Waals surface area (Å²) in [6.07, 6.45) is 4.73. The van der Waals surface area contributed by atoms with Crippen molar-refractivity contribution >= 4 is 39.2 Å². The number of aliphatic hydroxyl groups excluding tert-OH is 1. The van der Waals surface area contributed by atoms with Gasteiger partial charge in [-0.05, 0) is 67.0 Å². The number of ether oxygens (including phenoxy) is 2. The molecule has 6 rings (SSSR count). The summed E-state index contributed by atoms with van der Waals surface area (Å²) in [5.41, 5.74) is 5.01. The number of halogens is 1. The molecule has 230 valence electrons. The van der Waals surface area contributed by atoms with Gasteiger partial charge in [-0.3, -0.25) is 4.68 Å². The van der Waals surface area contributed by atoms with Crippen LogP contribution in [-0.2, 0) is 31.2 Å². The lowest BCUT2D eigenvalue weighted by Crippen LogP contribution is -2.12. The van der Waals surface area contributed by atoms with E-state index >= 15 is 0 Å². The van der Waals surface area contributed by atoms with Gasteiger partial charge in [0.15, 0.2) is 0 Å². The van der Waals surface area contributed by atoms with Crippen molar-refractivity contribution < 1.29 is 24.5 Å². The topological polar surface area (TPSA) is 110 Å². The molecule has 0 spiro atoms. The van der Waals surface area contributed by atoms with Crippen LogP contribution in [0.15, 0.2) is 54.6 Å². The summed E-state index contributed by atoms with van der Waals surface area (Å²) in [7, 11) is 1.91. The van der Waals surface area contributed by atoms with E-state index < -0.39 is 5.97 Å². The van der Waals surface area contributed by atoms with E-state index in [2.05, 4.69) is 24.0 Å². The number of rotatable bonds is 14. The van der Waals surface area contributed by atoms with E-state index in [1.54, 1.807) is 0 Å². The maximum atomic E-state index is 12.5. The summed E-state index contributed by atoms with van der Waals surface area (Å²) in [5, 5.41) is 28.0. The monoisotopic (exact) mass is 615 g/mol. The first-order valence-electron chi connectivity index (χ1n) is 15.3. The Morgan fingerprint density at radius 2 is 1.89 bits per heavy atom. The summed E-state index contributed by atoms with van der Waals surface area (Å²) in [5.74, 6) is -0.200. The molecule has 1 aliphatic rings. The van der Waals surface area contributed by atoms with Crippen LogP contribution in [0.1, 0.15) is 60.0 Å². The Balaban J connectivity index is 1.30. The Morgan fingerprint density at radius 3 is 2.64 bits per heavy atom. The van der Waals surface area contributed by atoms with Gasteiger partial charge >= 0.3 is 5.97 Å². The predicted octanol–water partition coefficient (Wildman–Crippen LogP) is 7.33. The highest BCUT2D eigenvalue weighted by molar-refractivity contribution is 6.35. The Labute approximate surface area is 261 Å². The number of aromatic amines is 1. The van der Waals surface area contributed by atoms with Gasteiger partial charge in [-0.1, -0.05) is 61.0 Å². The van der Waals surface area contributed by atoms with Crippen LogP contribution in [0.25, 0.3) is 32.8 Å². The van der Waals surface area contributed by atoms with Crippen LogP contribution in [-0.4, -0.2) is 50.8 Å². The lowest BCUT2D eigenvalue weighted by molar-refractivity contribution is 0.0653. The van der Waals surface area contributed by atoms with Crippen LogP contribution in [0.5, 0.6) is 5.75 Å². The standard InChI is InChI=1S/C35H38ClN3O5/c1-3-28-31(27(38-39(28)2)20-43-21-35(15-16-35)17-18-40)30-26(36)14-13-25-24(33(34(41)42)37-32(25)30)11-7-19-44-29-12-6-9-22-8-4-5-10-23(22)29/h4-6,8-10,12-14,37,40H,3,7,11,15-21H2,1-2H3,(H,41,42). The highest BCUT2D eigenvalue weighted by Gasteiger charge is 2.42. The molecule has 5 aromatic rings. The second kappa shape index (κ2) is 12.6. The molecule has 3 aromatic carbocycles. The normalized spacial score (nSPS) is 14.0. The molecule has 9 heteroatoms. The highest BCUT2D eigenvalue weighted by Crippen LogP contribution is 2.49. The molecule has 1 aliphatic carbocycles. The van der Waals surface area contributed by atoms with Crippen molar-refractivity contribution in [3.05, 3.63) is 82.3 Å². The van der Waals surface area contributed by atoms with E-state index in [9.17, 15) is 15.0 Å². The molecule has 2 heterocycles. The number of fused-ring (bicyclic) bond motifs is 2. The maximum Gasteiger partial charge on any atom is 0.352 e. The molecule has 3 N–H and O–H groups in total. The fourth-order valence-electron chi connectivity index (χ4n) is 6.39. The number of carboxylic acid groups (broad SMARTS) is 1. The number of H-pyrrole nitrogens is 1. The fraction of sp³-hybridized carbons (Fsp3) is 0.371. The first-order chi connectivity index (χ1) is 21.4. The molecule has 0 bridgehead atoms. The van der Waals surface area contributed by atoms with Crippen LogP contribution in [0.3, 0.4) is 0 Å². The summed E-state index contributed by atoms with van der Waals surface area (Å²) in [6, 6.07) is 17.8. The van der Waals surface area contributed by atoms with Crippen molar-refractivity contribution in [1.29, 1.82) is 0 Å². The van der Waals surface area contributed by atoms with Crippen molar-refractivity contribution in [2.45, 2.75) is 52.1 Å². The maximum absolute atomic E-state index is 12.5. The largest absolute Gasteiger partial charge is 0.493 e. The molecule has 1 fully saturated rings. The van der Waals surface area contributed by atoms with Gasteiger partial charge in [0.1, 0.15) is 11.4 Å². The Hall–Kier alpha value is -3.85. The summed E-state index contributed by atoms with van der Waals surface area (Å²) in [6.45, 7) is 3.54. The lowest BCUT2D eigenvalue weighted by atomic mass is 9.97. The molecule has 0 aliphatic heterocycles. The van der Waals surface area contributed by atoms with Crippen molar-refractivity contribution in [3.8, 4) is 16.9 Å². The number of aliphatic hydroxyl groups is 1. The zero-order valence-corrected chi connectivity index (χ0v) is 25.9. The third-order valence-electron chi connectivity index (χ3n) is 8.89. The molecule has 44 heavy (non-hydrogen) atoms. The van der Waals surface area contributed by atoms with E-state index in [1.807, 2.05) is 54.2 Å². The van der Waals surface area contributed by atoms with E-state index in [-0.39, 0.29) is 17.7 Å². The van der Waals surface area contributed by atoms with Gasteiger partial charge in [0.2, 0.25) is 0 Å². The second-order valence-electron chi connectivity index (χ2n) is 11.8. The molecule has 0 radical (unpaired) electrons. The SMILES string of the molecule is CCc1c(-c2c(Cl)ccc3c(CCCOc4cccc5ccccc45)c(C(=O)O)[nH]c23)c(COCC2(CCO)CC2)nn1C. The minimum absolute atomic E-state index is 0.0665. The molecule has 0 unspecified atom stereocenters. The first kappa shape index (κ1) is 30.2. The average molecular weight is 616 g/mol. The second-order valence-corrected chi connectivity index (χ2v) is 12.2. The van der Waals surface area contributed by atoms with Crippen molar-refractivity contribution in [2.75, 3.05) is 19.8 Å². The summed E-state index contributed by atoms with van der Waals surface area (Å²) in [4.78, 5) is 15.7. The number of carboxylic acids is 1. The number of aryl methyl sites for hydroxylation is 2. The summed E-state index contributed by atoms with van der Waals surface area (Å²) < 4.78 is 14.2. The molecule has 2 aromatic heterocycles. The molecule has 0 amide bonds. The average Bonchev–Trinajstić information content (AvgIpc) is 3.56. The molecular weight excluding hydrogens is 578 g/mol. The minimum Gasteiger partial charge on any atom is -0.493 e. The molecule has 0 atom stereocenters. The van der Waals surface area contributed by atoms with E-state index in [4.69, 9.17) is 26.2 Å². The first-order valence-corrected chi connectivity index (χ1v) is 15.6. The van der Waals surface area contributed by atoms with Crippen molar-refractivity contribution in [1.82, 2.24) is 14.8 Å². The number of nitrogens with one attached hydrogen (secondary N) is 1. The number of aromatic nitrogens is 3. The van der Waals surface area contributed by atoms with Crippen molar-refractivity contribution in [3.63, 3.8) is 0 Å². The number of nitrogens with zero attached hydrogens (tertiary/aromatic N) is 2. The van der Waals surface area contributed by atoms with Gasteiger partial charge in [0, 0.05) is 41.2 Å². The van der Waals surface area contributed by atoms with Gasteiger partial charge in [0.25, 0.3) is 0 Å². The van der Waals surface area contributed by atoms with Crippen molar-refractivity contribution in [2.24, 2.45) is 12.5 Å². The van der Waals surface area contributed by atoms with Crippen LogP contribution >= 0.6 is 11.6 Å². The number of hydrogen-bond donors (Lipinski definition) is 3. The molecule has 1 saturated carbocycles. The quantitative estimate of drug-likeness (QED) is 0.113. The van der Waals surface area contributed by atoms with Crippen LogP contribution in [0.4, 0.5) is 0 Å². The molecular formula is C35H38ClN3O5. The summed E-state index contributed by atoms with van der Waals surface area (Å²) >= 11 is 6.90. The Kier molecular flexibility index (Phi) is 8.67. The molecule has 8 nitrogen and oxygen atoms in total. The Morgan fingerprint density at radius 1 is 1.09 bits per heavy atom. The van der Waals surface area contributed by atoms with E-state index in [0.717, 1.165) is 69.2 Å². The molecule has 0 saturated heterocycles. The zero-order chi connectivity index (χ0) is 30.8. The zero-order valence-electron chi connectivity index (χ0n) is 25.2. The van der Waals surface area contributed by atoms with E-state index in [1.165, 1.54) is 0 Å². The number of benzene rings is 3. The van der Waals surface area contributed by atoms with Gasteiger partial charge in [-0.15, -0.1) is 0 Å². The van der Waals surface area contributed by atoms with Crippen LogP contribution < -0.4 is 4.74 Å². The number of aromatic carboxylic acids is 1. The third kappa shape index (κ3) is 5.82.